The Labute approximate surface area is 236 Å². The number of fused-ring (bicyclic) bond motifs is 1. The van der Waals surface area contributed by atoms with Gasteiger partial charge in [-0.15, -0.1) is 0 Å². The van der Waals surface area contributed by atoms with E-state index in [4.69, 9.17) is 9.72 Å². The van der Waals surface area contributed by atoms with Gasteiger partial charge >= 0.3 is 5.97 Å². The van der Waals surface area contributed by atoms with E-state index in [-0.39, 0.29) is 17.3 Å². The molecule has 0 unspecified atom stereocenters. The molecule has 2 fully saturated rings. The molecule has 5 rings (SSSR count). The summed E-state index contributed by atoms with van der Waals surface area (Å²) in [5.74, 6) is 1.09. The van der Waals surface area contributed by atoms with Crippen LogP contribution in [0.4, 0.5) is 5.82 Å². The summed E-state index contributed by atoms with van der Waals surface area (Å²) in [5, 5.41) is 3.46. The molecular formula is C31H43BrN4O2. The fraction of sp³-hybridized carbons (Fsp3) is 0.613. The van der Waals surface area contributed by atoms with Crippen LogP contribution < -0.4 is 5.32 Å². The van der Waals surface area contributed by atoms with E-state index < -0.39 is 0 Å². The quantitative estimate of drug-likeness (QED) is 0.421. The number of pyridine rings is 1. The number of hydrogen-bond donors (Lipinski definition) is 1. The average molecular weight is 584 g/mol. The van der Waals surface area contributed by atoms with Crippen LogP contribution in [0.5, 0.6) is 0 Å². The van der Waals surface area contributed by atoms with Gasteiger partial charge in [0.05, 0.1) is 13.5 Å². The van der Waals surface area contributed by atoms with Gasteiger partial charge in [0.15, 0.2) is 0 Å². The predicted molar refractivity (Wildman–Crippen MR) is 157 cm³/mol. The second kappa shape index (κ2) is 11.3. The van der Waals surface area contributed by atoms with Gasteiger partial charge in [0, 0.05) is 67.2 Å². The molecule has 0 radical (unpaired) electrons. The minimum absolute atomic E-state index is 0.0492. The van der Waals surface area contributed by atoms with E-state index in [1.54, 1.807) is 0 Å². The van der Waals surface area contributed by atoms with Gasteiger partial charge in [-0.25, -0.2) is 4.98 Å². The number of carbonyl (C=O) groups is 1. The van der Waals surface area contributed by atoms with Crippen molar-refractivity contribution in [3.63, 3.8) is 0 Å². The molecule has 2 aromatic rings. The second-order valence-corrected chi connectivity index (χ2v) is 13.7. The first-order valence-electron chi connectivity index (χ1n) is 14.2. The number of esters is 1. The number of hydrogen-bond acceptors (Lipinski definition) is 6. The lowest BCUT2D eigenvalue weighted by Crippen LogP contribution is -2.58. The van der Waals surface area contributed by atoms with Crippen molar-refractivity contribution in [2.45, 2.75) is 64.2 Å². The molecule has 3 aliphatic heterocycles. The number of ether oxygens (including phenoxy) is 1. The number of nitrogens with zero attached hydrogens (tertiary/aromatic N) is 3. The zero-order valence-electron chi connectivity index (χ0n) is 23.5. The van der Waals surface area contributed by atoms with E-state index in [2.05, 4.69) is 82.1 Å². The van der Waals surface area contributed by atoms with Crippen LogP contribution in [-0.4, -0.2) is 73.7 Å². The SMILES string of the molecule is COC(=O)C[C@H](CN1CC2(CCN(CCc3ccc4c(n3)NCCC4)C2)C1)c1cc(Br)cc(C(C)(C)C)c1. The van der Waals surface area contributed by atoms with E-state index >= 15 is 0 Å². The first-order chi connectivity index (χ1) is 18.1. The zero-order chi connectivity index (χ0) is 26.9. The second-order valence-electron chi connectivity index (χ2n) is 12.8. The largest absolute Gasteiger partial charge is 0.469 e. The van der Waals surface area contributed by atoms with E-state index in [0.29, 0.717) is 11.8 Å². The summed E-state index contributed by atoms with van der Waals surface area (Å²) in [6.07, 6.45) is 5.02. The molecule has 1 N–H and O–H groups in total. The van der Waals surface area contributed by atoms with Gasteiger partial charge in [-0.05, 0) is 66.1 Å². The van der Waals surface area contributed by atoms with Crippen LogP contribution in [0.1, 0.15) is 68.3 Å². The van der Waals surface area contributed by atoms with E-state index in [1.807, 2.05) is 0 Å². The summed E-state index contributed by atoms with van der Waals surface area (Å²) in [6, 6.07) is 11.1. The molecular weight excluding hydrogens is 540 g/mol. The van der Waals surface area contributed by atoms with Crippen LogP contribution in [-0.2, 0) is 27.8 Å². The highest BCUT2D eigenvalue weighted by molar-refractivity contribution is 9.10. The Morgan fingerprint density at radius 2 is 1.97 bits per heavy atom. The van der Waals surface area contributed by atoms with Crippen molar-refractivity contribution >= 4 is 27.7 Å². The van der Waals surface area contributed by atoms with Gasteiger partial charge in [-0.3, -0.25) is 4.79 Å². The van der Waals surface area contributed by atoms with Gasteiger partial charge < -0.3 is 19.9 Å². The van der Waals surface area contributed by atoms with Crippen molar-refractivity contribution in [1.29, 1.82) is 0 Å². The van der Waals surface area contributed by atoms with Gasteiger partial charge in [0.25, 0.3) is 0 Å². The third-order valence-corrected chi connectivity index (χ3v) is 9.11. The molecule has 0 saturated carbocycles. The Morgan fingerprint density at radius 3 is 2.74 bits per heavy atom. The van der Waals surface area contributed by atoms with Crippen molar-refractivity contribution in [1.82, 2.24) is 14.8 Å². The minimum Gasteiger partial charge on any atom is -0.469 e. The van der Waals surface area contributed by atoms with E-state index in [0.717, 1.165) is 55.9 Å². The number of benzene rings is 1. The molecule has 1 aromatic carbocycles. The molecule has 1 aromatic heterocycles. The smallest absolute Gasteiger partial charge is 0.306 e. The summed E-state index contributed by atoms with van der Waals surface area (Å²) < 4.78 is 6.15. The minimum atomic E-state index is -0.138. The molecule has 38 heavy (non-hydrogen) atoms. The van der Waals surface area contributed by atoms with Crippen molar-refractivity contribution in [3.05, 3.63) is 57.2 Å². The maximum Gasteiger partial charge on any atom is 0.306 e. The van der Waals surface area contributed by atoms with Gasteiger partial charge in [-0.1, -0.05) is 48.8 Å². The number of aromatic nitrogens is 1. The Morgan fingerprint density at radius 1 is 1.18 bits per heavy atom. The Bertz CT molecular complexity index is 1160. The predicted octanol–water partition coefficient (Wildman–Crippen LogP) is 5.40. The highest BCUT2D eigenvalue weighted by atomic mass is 79.9. The first kappa shape index (κ1) is 27.6. The fourth-order valence-corrected chi connectivity index (χ4v) is 6.96. The summed E-state index contributed by atoms with van der Waals surface area (Å²) >= 11 is 3.72. The van der Waals surface area contributed by atoms with Crippen molar-refractivity contribution in [2.24, 2.45) is 5.41 Å². The molecule has 0 amide bonds. The molecule has 7 heteroatoms. The van der Waals surface area contributed by atoms with Crippen LogP contribution in [0.3, 0.4) is 0 Å². The summed E-state index contributed by atoms with van der Waals surface area (Å²) in [5.41, 5.74) is 5.51. The maximum atomic E-state index is 12.3. The number of rotatable bonds is 8. The Balaban J connectivity index is 1.17. The van der Waals surface area contributed by atoms with Crippen LogP contribution >= 0.6 is 15.9 Å². The van der Waals surface area contributed by atoms with Crippen LogP contribution in [0, 0.1) is 5.41 Å². The summed E-state index contributed by atoms with van der Waals surface area (Å²) in [6.45, 7) is 14.3. The number of methoxy groups -OCH3 is 1. The number of nitrogens with one attached hydrogen (secondary N) is 1. The topological polar surface area (TPSA) is 57.7 Å². The summed E-state index contributed by atoms with van der Waals surface area (Å²) in [7, 11) is 1.49. The molecule has 0 bridgehead atoms. The molecule has 4 heterocycles. The molecule has 1 spiro atoms. The van der Waals surface area contributed by atoms with Gasteiger partial charge in [0.2, 0.25) is 0 Å². The number of aryl methyl sites for hydroxylation is 1. The lowest BCUT2D eigenvalue weighted by molar-refractivity contribution is -0.141. The highest BCUT2D eigenvalue weighted by Gasteiger charge is 2.47. The highest BCUT2D eigenvalue weighted by Crippen LogP contribution is 2.41. The average Bonchev–Trinajstić information content (AvgIpc) is 3.30. The molecule has 3 aliphatic rings. The van der Waals surface area contributed by atoms with E-state index in [9.17, 15) is 4.79 Å². The Kier molecular flexibility index (Phi) is 8.18. The summed E-state index contributed by atoms with van der Waals surface area (Å²) in [4.78, 5) is 22.4. The molecule has 1 atom stereocenters. The first-order valence-corrected chi connectivity index (χ1v) is 15.0. The standard InChI is InChI=1S/C31H43BrN4O2/c1-30(2,3)25-14-23(15-26(32)17-25)24(16-28(37)38-4)18-36-20-31(21-36)10-13-35(19-31)12-9-27-8-7-22-6-5-11-33-29(22)34-27/h7-8,14-15,17,24H,5-6,9-13,16,18-21H2,1-4H3,(H,33,34)/t24-/m1/s1. The van der Waals surface area contributed by atoms with Gasteiger partial charge in [-0.2, -0.15) is 0 Å². The number of likely N-dealkylation sites (tertiary alicyclic amines) is 2. The van der Waals surface area contributed by atoms with Crippen LogP contribution in [0.2, 0.25) is 0 Å². The molecule has 6 nitrogen and oxygen atoms in total. The normalized spacial score (nSPS) is 20.0. The van der Waals surface area contributed by atoms with Crippen LogP contribution in [0.25, 0.3) is 0 Å². The third-order valence-electron chi connectivity index (χ3n) is 8.65. The van der Waals surface area contributed by atoms with Crippen molar-refractivity contribution < 1.29 is 9.53 Å². The lowest BCUT2D eigenvalue weighted by Gasteiger charge is -2.49. The fourth-order valence-electron chi connectivity index (χ4n) is 6.45. The molecule has 2 saturated heterocycles. The molecule has 206 valence electrons. The third kappa shape index (κ3) is 6.43. The zero-order valence-corrected chi connectivity index (χ0v) is 25.1. The van der Waals surface area contributed by atoms with Crippen molar-refractivity contribution in [2.75, 3.05) is 58.2 Å². The maximum absolute atomic E-state index is 12.3. The molecule has 0 aliphatic carbocycles. The number of halogens is 1. The van der Waals surface area contributed by atoms with Crippen LogP contribution in [0.15, 0.2) is 34.8 Å². The van der Waals surface area contributed by atoms with Crippen molar-refractivity contribution in [3.8, 4) is 0 Å². The monoisotopic (exact) mass is 582 g/mol. The number of anilines is 1. The Hall–Kier alpha value is -1.96. The van der Waals surface area contributed by atoms with E-state index in [1.165, 1.54) is 55.4 Å². The number of carbonyl (C=O) groups excluding carboxylic acids is 1. The lowest BCUT2D eigenvalue weighted by atomic mass is 9.77. The van der Waals surface area contributed by atoms with Gasteiger partial charge in [0.1, 0.15) is 5.82 Å².